The molecule has 0 fully saturated rings. The molecule has 0 aliphatic carbocycles. The molecule has 1 aromatic rings. The number of aryl methyl sites for hydroxylation is 2. The van der Waals surface area contributed by atoms with Crippen molar-refractivity contribution in [3.63, 3.8) is 0 Å². The predicted octanol–water partition coefficient (Wildman–Crippen LogP) is 2.38. The van der Waals surface area contributed by atoms with Crippen LogP contribution < -0.4 is 0 Å². The monoisotopic (exact) mass is 173 g/mol. The van der Waals surface area contributed by atoms with Gasteiger partial charge in [-0.3, -0.25) is 4.79 Å². The predicted molar refractivity (Wildman–Crippen MR) is 50.6 cm³/mol. The molecule has 2 heteroatoms. The second-order valence-electron chi connectivity index (χ2n) is 3.12. The van der Waals surface area contributed by atoms with Crippen LogP contribution in [0.5, 0.6) is 0 Å². The lowest BCUT2D eigenvalue weighted by Crippen LogP contribution is -2.02. The van der Waals surface area contributed by atoms with Gasteiger partial charge in [-0.05, 0) is 31.9 Å². The van der Waals surface area contributed by atoms with E-state index in [2.05, 4.69) is 6.07 Å². The molecule has 1 aromatic carbocycles. The van der Waals surface area contributed by atoms with Crippen LogP contribution in [0, 0.1) is 25.2 Å². The van der Waals surface area contributed by atoms with Gasteiger partial charge in [0.05, 0.1) is 5.56 Å². The minimum absolute atomic E-state index is 0.0437. The van der Waals surface area contributed by atoms with Crippen molar-refractivity contribution in [2.75, 3.05) is 0 Å². The van der Waals surface area contributed by atoms with E-state index in [9.17, 15) is 4.79 Å². The zero-order valence-corrected chi connectivity index (χ0v) is 8.01. The number of Topliss-reactive ketones (excluding diaryl/α,β-unsaturated/α-hetero) is 1. The van der Waals surface area contributed by atoms with Crippen molar-refractivity contribution >= 4 is 5.78 Å². The van der Waals surface area contributed by atoms with Gasteiger partial charge in [-0.1, -0.05) is 12.1 Å². The van der Waals surface area contributed by atoms with E-state index < -0.39 is 0 Å². The van der Waals surface area contributed by atoms with E-state index >= 15 is 0 Å². The lowest BCUT2D eigenvalue weighted by Gasteiger charge is -2.06. The van der Waals surface area contributed by atoms with Crippen molar-refractivity contribution in [1.82, 2.24) is 0 Å². The minimum Gasteiger partial charge on any atom is -0.294 e. The van der Waals surface area contributed by atoms with Crippen molar-refractivity contribution in [3.8, 4) is 6.07 Å². The van der Waals surface area contributed by atoms with Crippen LogP contribution in [0.25, 0.3) is 0 Å². The average molecular weight is 173 g/mol. The third kappa shape index (κ3) is 1.59. The van der Waals surface area contributed by atoms with Gasteiger partial charge in [0.15, 0.2) is 5.78 Å². The van der Waals surface area contributed by atoms with Crippen LogP contribution in [0.3, 0.4) is 0 Å². The lowest BCUT2D eigenvalue weighted by molar-refractivity contribution is 0.101. The third-order valence-electron chi connectivity index (χ3n) is 2.09. The van der Waals surface area contributed by atoms with Crippen molar-refractivity contribution in [1.29, 1.82) is 5.26 Å². The molecule has 0 bridgehead atoms. The van der Waals surface area contributed by atoms with Gasteiger partial charge in [0.2, 0.25) is 0 Å². The fourth-order valence-corrected chi connectivity index (χ4v) is 1.41. The standard InChI is InChI=1S/C11H11NO/c1-7-4-5-8(2)11(9(3)13)10(7)6-12/h4-5H,1-3H3. The van der Waals surface area contributed by atoms with E-state index in [1.54, 1.807) is 0 Å². The van der Waals surface area contributed by atoms with Crippen LogP contribution in [0.15, 0.2) is 12.1 Å². The second-order valence-corrected chi connectivity index (χ2v) is 3.12. The van der Waals surface area contributed by atoms with Crippen LogP contribution in [-0.4, -0.2) is 5.78 Å². The Morgan fingerprint density at radius 1 is 1.31 bits per heavy atom. The van der Waals surface area contributed by atoms with E-state index in [1.807, 2.05) is 26.0 Å². The van der Waals surface area contributed by atoms with Gasteiger partial charge >= 0.3 is 0 Å². The quantitative estimate of drug-likeness (QED) is 0.612. The first-order chi connectivity index (χ1) is 6.07. The molecule has 2 nitrogen and oxygen atoms in total. The Balaban J connectivity index is 3.55. The van der Waals surface area contributed by atoms with Crippen LogP contribution in [0.2, 0.25) is 0 Å². The van der Waals surface area contributed by atoms with E-state index in [0.29, 0.717) is 11.1 Å². The van der Waals surface area contributed by atoms with Crippen molar-refractivity contribution in [2.24, 2.45) is 0 Å². The molecular weight excluding hydrogens is 162 g/mol. The molecule has 1 rings (SSSR count). The molecule has 0 atom stereocenters. The number of benzene rings is 1. The Hall–Kier alpha value is -1.62. The van der Waals surface area contributed by atoms with Crippen LogP contribution in [0.1, 0.15) is 34.0 Å². The first-order valence-electron chi connectivity index (χ1n) is 4.09. The number of rotatable bonds is 1. The average Bonchev–Trinajstić information content (AvgIpc) is 2.07. The molecule has 0 heterocycles. The minimum atomic E-state index is -0.0437. The largest absolute Gasteiger partial charge is 0.294 e. The smallest absolute Gasteiger partial charge is 0.161 e. The summed E-state index contributed by atoms with van der Waals surface area (Å²) in [5.74, 6) is -0.0437. The zero-order valence-electron chi connectivity index (χ0n) is 8.01. The van der Waals surface area contributed by atoms with Crippen LogP contribution in [0.4, 0.5) is 0 Å². The Bertz CT molecular complexity index is 399. The van der Waals surface area contributed by atoms with Crippen LogP contribution >= 0.6 is 0 Å². The summed E-state index contributed by atoms with van der Waals surface area (Å²) in [6, 6.07) is 5.79. The number of carbonyl (C=O) groups excluding carboxylic acids is 1. The highest BCUT2D eigenvalue weighted by molar-refractivity contribution is 5.98. The summed E-state index contributed by atoms with van der Waals surface area (Å²) in [7, 11) is 0. The van der Waals surface area contributed by atoms with Crippen molar-refractivity contribution in [2.45, 2.75) is 20.8 Å². The molecular formula is C11H11NO. The summed E-state index contributed by atoms with van der Waals surface area (Å²) in [6.07, 6.45) is 0. The fourth-order valence-electron chi connectivity index (χ4n) is 1.41. The van der Waals surface area contributed by atoms with Gasteiger partial charge in [0.25, 0.3) is 0 Å². The van der Waals surface area contributed by atoms with E-state index in [1.165, 1.54) is 6.92 Å². The summed E-state index contributed by atoms with van der Waals surface area (Å²) in [5.41, 5.74) is 2.79. The van der Waals surface area contributed by atoms with Gasteiger partial charge in [0, 0.05) is 5.56 Å². The molecule has 0 aliphatic heterocycles. The molecule has 66 valence electrons. The maximum atomic E-state index is 11.2. The summed E-state index contributed by atoms with van der Waals surface area (Å²) >= 11 is 0. The molecule has 0 N–H and O–H groups in total. The van der Waals surface area contributed by atoms with E-state index in [-0.39, 0.29) is 5.78 Å². The molecule has 13 heavy (non-hydrogen) atoms. The number of ketones is 1. The Kier molecular flexibility index (Phi) is 2.48. The summed E-state index contributed by atoms with van der Waals surface area (Å²) in [6.45, 7) is 5.17. The van der Waals surface area contributed by atoms with Gasteiger partial charge in [0.1, 0.15) is 6.07 Å². The maximum Gasteiger partial charge on any atom is 0.161 e. The number of carbonyl (C=O) groups is 1. The highest BCUT2D eigenvalue weighted by Gasteiger charge is 2.11. The number of nitriles is 1. The van der Waals surface area contributed by atoms with Crippen molar-refractivity contribution in [3.05, 3.63) is 34.4 Å². The van der Waals surface area contributed by atoms with Gasteiger partial charge < -0.3 is 0 Å². The third-order valence-corrected chi connectivity index (χ3v) is 2.09. The lowest BCUT2D eigenvalue weighted by atomic mass is 9.96. The van der Waals surface area contributed by atoms with Crippen LogP contribution in [-0.2, 0) is 0 Å². The van der Waals surface area contributed by atoms with Crippen molar-refractivity contribution < 1.29 is 4.79 Å². The molecule has 0 saturated heterocycles. The SMILES string of the molecule is CC(=O)c1c(C)ccc(C)c1C#N. The van der Waals surface area contributed by atoms with Gasteiger partial charge in [-0.2, -0.15) is 5.26 Å². The fraction of sp³-hybridized carbons (Fsp3) is 0.273. The zero-order chi connectivity index (χ0) is 10.0. The highest BCUT2D eigenvalue weighted by Crippen LogP contribution is 2.17. The topological polar surface area (TPSA) is 40.9 Å². The molecule has 0 amide bonds. The van der Waals surface area contributed by atoms with Gasteiger partial charge in [-0.15, -0.1) is 0 Å². The summed E-state index contributed by atoms with van der Waals surface area (Å²) in [4.78, 5) is 11.2. The second kappa shape index (κ2) is 3.40. The normalized spacial score (nSPS) is 9.38. The number of hydrogen-bond acceptors (Lipinski definition) is 2. The molecule has 0 spiro atoms. The number of hydrogen-bond donors (Lipinski definition) is 0. The maximum absolute atomic E-state index is 11.2. The Morgan fingerprint density at radius 2 is 1.85 bits per heavy atom. The van der Waals surface area contributed by atoms with E-state index in [0.717, 1.165) is 11.1 Å². The molecule has 0 radical (unpaired) electrons. The Morgan fingerprint density at radius 3 is 2.23 bits per heavy atom. The first-order valence-corrected chi connectivity index (χ1v) is 4.09. The van der Waals surface area contributed by atoms with Gasteiger partial charge in [-0.25, -0.2) is 0 Å². The molecule has 0 aromatic heterocycles. The summed E-state index contributed by atoms with van der Waals surface area (Å²) in [5, 5.41) is 8.87. The first kappa shape index (κ1) is 9.47. The molecule has 0 saturated carbocycles. The summed E-state index contributed by atoms with van der Waals surface area (Å²) < 4.78 is 0. The molecule has 0 unspecified atom stereocenters. The highest BCUT2D eigenvalue weighted by atomic mass is 16.1. The Labute approximate surface area is 77.8 Å². The van der Waals surface area contributed by atoms with E-state index in [4.69, 9.17) is 5.26 Å². The number of nitrogens with zero attached hydrogens (tertiary/aromatic N) is 1. The molecule has 0 aliphatic rings.